The second-order valence-corrected chi connectivity index (χ2v) is 12.6. The Morgan fingerprint density at radius 3 is 2.31 bits per heavy atom. The summed E-state index contributed by atoms with van der Waals surface area (Å²) in [5.41, 5.74) is 5.83. The first kappa shape index (κ1) is 16.7. The molecule has 0 heterocycles. The zero-order valence-corrected chi connectivity index (χ0v) is 16.2. The summed E-state index contributed by atoms with van der Waals surface area (Å²) in [6.45, 7) is 6.89. The monoisotopic (exact) mass is 352 g/mol. The first-order chi connectivity index (χ1) is 12.5. The maximum absolute atomic E-state index is 10.7. The number of fused-ring (bicyclic) bond motifs is 3. The van der Waals surface area contributed by atoms with Gasteiger partial charge in [-0.15, -0.1) is 0 Å². The van der Waals surface area contributed by atoms with Crippen LogP contribution in [0.15, 0.2) is 54.6 Å². The lowest BCUT2D eigenvalue weighted by Gasteiger charge is -2.18. The smallest absolute Gasteiger partial charge is 0.113 e. The molecule has 0 fully saturated rings. The molecule has 1 aliphatic carbocycles. The van der Waals surface area contributed by atoms with Gasteiger partial charge in [0.2, 0.25) is 0 Å². The van der Waals surface area contributed by atoms with Crippen molar-refractivity contribution in [1.29, 1.82) is 0 Å². The quantitative estimate of drug-likeness (QED) is 0.511. The van der Waals surface area contributed by atoms with E-state index >= 15 is 0 Å². The minimum Gasteiger partial charge on any atom is -0.383 e. The van der Waals surface area contributed by atoms with E-state index in [9.17, 15) is 5.11 Å². The normalized spacial score (nSPS) is 14.7. The number of hydrogen-bond donors (Lipinski definition) is 1. The summed E-state index contributed by atoms with van der Waals surface area (Å²) in [4.78, 5) is 0. The SMILES string of the molecule is C[Si](C)(C)c1c#cc2c(c1C#Cc1ccccc1)-c1ccccc1C2O. The van der Waals surface area contributed by atoms with Crippen molar-refractivity contribution in [3.63, 3.8) is 0 Å². The lowest BCUT2D eigenvalue weighted by atomic mass is 10.0. The van der Waals surface area contributed by atoms with Crippen LogP contribution in [0, 0.1) is 24.0 Å². The van der Waals surface area contributed by atoms with Crippen molar-refractivity contribution in [1.82, 2.24) is 0 Å². The van der Waals surface area contributed by atoms with Gasteiger partial charge in [0.25, 0.3) is 0 Å². The van der Waals surface area contributed by atoms with E-state index in [0.29, 0.717) is 0 Å². The van der Waals surface area contributed by atoms with Gasteiger partial charge in [0.1, 0.15) is 6.10 Å². The van der Waals surface area contributed by atoms with Crippen LogP contribution < -0.4 is 5.19 Å². The largest absolute Gasteiger partial charge is 0.383 e. The van der Waals surface area contributed by atoms with Crippen LogP contribution in [-0.2, 0) is 0 Å². The lowest BCUT2D eigenvalue weighted by Crippen LogP contribution is -2.39. The summed E-state index contributed by atoms with van der Waals surface area (Å²) in [6, 6.07) is 24.7. The molecule has 2 heteroatoms. The van der Waals surface area contributed by atoms with E-state index < -0.39 is 14.2 Å². The maximum atomic E-state index is 10.7. The van der Waals surface area contributed by atoms with Crippen molar-refractivity contribution < 1.29 is 5.11 Å². The number of benzene rings is 2. The zero-order valence-electron chi connectivity index (χ0n) is 15.2. The van der Waals surface area contributed by atoms with E-state index in [-0.39, 0.29) is 0 Å². The fourth-order valence-electron chi connectivity index (χ4n) is 3.46. The Kier molecular flexibility index (Phi) is 3.97. The molecular weight excluding hydrogens is 332 g/mol. The van der Waals surface area contributed by atoms with Gasteiger partial charge in [-0.05, 0) is 23.3 Å². The molecule has 1 aliphatic rings. The molecule has 0 radical (unpaired) electrons. The highest BCUT2D eigenvalue weighted by Gasteiger charge is 2.32. The van der Waals surface area contributed by atoms with E-state index in [0.717, 1.165) is 33.4 Å². The molecule has 0 amide bonds. The van der Waals surface area contributed by atoms with Crippen LogP contribution in [0.25, 0.3) is 11.1 Å². The molecule has 0 spiro atoms. The zero-order chi connectivity index (χ0) is 18.3. The molecule has 3 aromatic rings. The topological polar surface area (TPSA) is 20.2 Å². The van der Waals surface area contributed by atoms with Gasteiger partial charge in [-0.25, -0.2) is 0 Å². The third-order valence-corrected chi connectivity index (χ3v) is 6.62. The predicted molar refractivity (Wildman–Crippen MR) is 109 cm³/mol. The summed E-state index contributed by atoms with van der Waals surface area (Å²) in [5, 5.41) is 11.9. The van der Waals surface area contributed by atoms with Gasteiger partial charge in [0, 0.05) is 27.4 Å². The predicted octanol–water partition coefficient (Wildman–Crippen LogP) is 4.29. The van der Waals surface area contributed by atoms with Crippen LogP contribution in [0.3, 0.4) is 0 Å². The molecular formula is C24H20OSi. The van der Waals surface area contributed by atoms with E-state index in [1.165, 1.54) is 5.19 Å². The van der Waals surface area contributed by atoms with Gasteiger partial charge in [0.15, 0.2) is 0 Å². The van der Waals surface area contributed by atoms with Crippen molar-refractivity contribution in [3.05, 3.63) is 89.0 Å². The summed E-state index contributed by atoms with van der Waals surface area (Å²) >= 11 is 0. The molecule has 0 saturated heterocycles. The maximum Gasteiger partial charge on any atom is 0.113 e. The average molecular weight is 353 g/mol. The standard InChI is InChI=1S/C24H20OSi/c1-26(2,3)22-16-15-21-23(18-11-7-8-12-19(18)24(21)25)20(22)14-13-17-9-5-4-6-10-17/h4-12,24-25H,1-3H3. The number of aliphatic hydroxyl groups is 1. The van der Waals surface area contributed by atoms with Gasteiger partial charge >= 0.3 is 0 Å². The van der Waals surface area contributed by atoms with E-state index in [2.05, 4.69) is 49.7 Å². The van der Waals surface area contributed by atoms with Crippen molar-refractivity contribution >= 4 is 13.3 Å². The molecule has 0 aliphatic heterocycles. The molecule has 4 rings (SSSR count). The molecule has 1 unspecified atom stereocenters. The van der Waals surface area contributed by atoms with Crippen LogP contribution in [0.1, 0.15) is 28.4 Å². The molecule has 1 atom stereocenters. The van der Waals surface area contributed by atoms with E-state index in [1.54, 1.807) is 0 Å². The third kappa shape index (κ3) is 2.74. The van der Waals surface area contributed by atoms with Crippen LogP contribution in [0.4, 0.5) is 0 Å². The lowest BCUT2D eigenvalue weighted by molar-refractivity contribution is 0.225. The van der Waals surface area contributed by atoms with Crippen molar-refractivity contribution in [3.8, 4) is 23.0 Å². The third-order valence-electron chi connectivity index (χ3n) is 4.75. The summed E-state index contributed by atoms with van der Waals surface area (Å²) < 4.78 is 0. The minimum atomic E-state index is -1.67. The Hall–Kier alpha value is -2.78. The highest BCUT2D eigenvalue weighted by Crippen LogP contribution is 2.43. The highest BCUT2D eigenvalue weighted by molar-refractivity contribution is 6.89. The molecule has 0 aromatic heterocycles. The second-order valence-electron chi connectivity index (χ2n) is 7.64. The van der Waals surface area contributed by atoms with Gasteiger partial charge in [-0.1, -0.05) is 86.1 Å². The van der Waals surface area contributed by atoms with Crippen LogP contribution in [0.5, 0.6) is 0 Å². The molecule has 126 valence electrons. The minimum absolute atomic E-state index is 0.648. The van der Waals surface area contributed by atoms with E-state index in [1.807, 2.05) is 48.5 Å². The number of rotatable bonds is 1. The van der Waals surface area contributed by atoms with Crippen LogP contribution in [0.2, 0.25) is 19.6 Å². The summed E-state index contributed by atoms with van der Waals surface area (Å²) in [6.07, 6.45) is -0.648. The van der Waals surface area contributed by atoms with Crippen LogP contribution >= 0.6 is 0 Å². The molecule has 1 N–H and O–H groups in total. The molecule has 3 aromatic carbocycles. The van der Waals surface area contributed by atoms with Gasteiger partial charge in [-0.3, -0.25) is 0 Å². The average Bonchev–Trinajstić information content (AvgIpc) is 2.93. The number of hydrogen-bond acceptors (Lipinski definition) is 1. The Bertz CT molecular complexity index is 1030. The fraction of sp³-hybridized carbons (Fsp3) is 0.167. The molecule has 26 heavy (non-hydrogen) atoms. The first-order valence-corrected chi connectivity index (χ1v) is 12.3. The van der Waals surface area contributed by atoms with Gasteiger partial charge in [-0.2, -0.15) is 0 Å². The molecule has 0 bridgehead atoms. The van der Waals surface area contributed by atoms with Crippen LogP contribution in [-0.4, -0.2) is 13.2 Å². The Labute approximate surface area is 156 Å². The fourth-order valence-corrected chi connectivity index (χ4v) is 4.84. The first-order valence-electron chi connectivity index (χ1n) is 8.82. The van der Waals surface area contributed by atoms with Crippen molar-refractivity contribution in [2.75, 3.05) is 0 Å². The Balaban J connectivity index is 2.00. The summed E-state index contributed by atoms with van der Waals surface area (Å²) in [5.74, 6) is 6.73. The molecule has 0 saturated carbocycles. The molecule has 1 nitrogen and oxygen atoms in total. The van der Waals surface area contributed by atoms with Crippen molar-refractivity contribution in [2.24, 2.45) is 0 Å². The highest BCUT2D eigenvalue weighted by atomic mass is 28.3. The van der Waals surface area contributed by atoms with Gasteiger partial charge < -0.3 is 5.11 Å². The van der Waals surface area contributed by atoms with Gasteiger partial charge in [0.05, 0.1) is 8.07 Å². The van der Waals surface area contributed by atoms with Crippen molar-refractivity contribution in [2.45, 2.75) is 25.7 Å². The van der Waals surface area contributed by atoms with E-state index in [4.69, 9.17) is 0 Å². The summed E-state index contributed by atoms with van der Waals surface area (Å²) in [7, 11) is -1.67. The Morgan fingerprint density at radius 1 is 0.885 bits per heavy atom. The number of aliphatic hydroxyl groups excluding tert-OH is 1. The Morgan fingerprint density at radius 2 is 1.58 bits per heavy atom. The second kappa shape index (κ2) is 6.18.